The number of nitrogens with one attached hydrogen (secondary N) is 1. The van der Waals surface area contributed by atoms with Crippen molar-refractivity contribution < 1.29 is 9.53 Å². The highest BCUT2D eigenvalue weighted by molar-refractivity contribution is 5.94. The van der Waals surface area contributed by atoms with E-state index in [-0.39, 0.29) is 5.91 Å². The van der Waals surface area contributed by atoms with Crippen molar-refractivity contribution in [2.45, 2.75) is 52.1 Å². The first-order chi connectivity index (χ1) is 14.6. The summed E-state index contributed by atoms with van der Waals surface area (Å²) in [4.78, 5) is 15.2. The fraction of sp³-hybridized carbons (Fsp3) is 0.583. The van der Waals surface area contributed by atoms with Gasteiger partial charge in [-0.1, -0.05) is 44.2 Å². The Balaban J connectivity index is 1.47. The molecule has 1 atom stereocenters. The van der Waals surface area contributed by atoms with Crippen molar-refractivity contribution in [2.75, 3.05) is 32.8 Å². The Morgan fingerprint density at radius 2 is 2.00 bits per heavy atom. The molecule has 1 fully saturated rings. The molecule has 0 radical (unpaired) electrons. The molecule has 0 saturated carbocycles. The zero-order valence-corrected chi connectivity index (χ0v) is 18.3. The van der Waals surface area contributed by atoms with Crippen LogP contribution in [0.1, 0.15) is 47.6 Å². The summed E-state index contributed by atoms with van der Waals surface area (Å²) in [6, 6.07) is 11.0. The summed E-state index contributed by atoms with van der Waals surface area (Å²) in [5.74, 6) is 0.573. The molecule has 30 heavy (non-hydrogen) atoms. The smallest absolute Gasteiger partial charge is 0.274 e. The van der Waals surface area contributed by atoms with Crippen molar-refractivity contribution in [2.24, 2.45) is 5.92 Å². The van der Waals surface area contributed by atoms with Crippen LogP contribution in [0.4, 0.5) is 0 Å². The standard InChI is InChI=1S/C24H34N4O2/c1-18(2)17-28-22-9-8-20(25-11-10-19-6-4-3-5-7-19)16-21(22)23(26-28)24(29)27-12-14-30-15-13-27/h3-7,18,20,25H,8-17H2,1-2H3/t20-/m1/s1. The zero-order valence-electron chi connectivity index (χ0n) is 18.3. The maximum Gasteiger partial charge on any atom is 0.274 e. The van der Waals surface area contributed by atoms with Gasteiger partial charge in [-0.2, -0.15) is 5.10 Å². The lowest BCUT2D eigenvalue weighted by molar-refractivity contribution is 0.0297. The molecule has 1 saturated heterocycles. The highest BCUT2D eigenvalue weighted by Crippen LogP contribution is 2.27. The van der Waals surface area contributed by atoms with E-state index in [9.17, 15) is 4.79 Å². The first kappa shape index (κ1) is 21.1. The Bertz CT molecular complexity index is 840. The summed E-state index contributed by atoms with van der Waals surface area (Å²) in [7, 11) is 0. The normalized spacial score (nSPS) is 19.2. The van der Waals surface area contributed by atoms with Crippen LogP contribution in [0.3, 0.4) is 0 Å². The van der Waals surface area contributed by atoms with E-state index in [1.807, 2.05) is 4.90 Å². The Morgan fingerprint density at radius 3 is 2.73 bits per heavy atom. The lowest BCUT2D eigenvalue weighted by atomic mass is 9.90. The number of hydrogen-bond acceptors (Lipinski definition) is 4. The number of nitrogens with zero attached hydrogens (tertiary/aromatic N) is 3. The number of carbonyl (C=O) groups excluding carboxylic acids is 1. The van der Waals surface area contributed by atoms with Gasteiger partial charge < -0.3 is 15.0 Å². The van der Waals surface area contributed by atoms with E-state index >= 15 is 0 Å². The summed E-state index contributed by atoms with van der Waals surface area (Å²) in [5, 5.41) is 8.55. The van der Waals surface area contributed by atoms with Crippen molar-refractivity contribution in [3.8, 4) is 0 Å². The van der Waals surface area contributed by atoms with Gasteiger partial charge in [0.25, 0.3) is 5.91 Å². The summed E-state index contributed by atoms with van der Waals surface area (Å²) >= 11 is 0. The minimum Gasteiger partial charge on any atom is -0.378 e. The Labute approximate surface area is 179 Å². The van der Waals surface area contributed by atoms with Gasteiger partial charge in [-0.15, -0.1) is 0 Å². The van der Waals surface area contributed by atoms with E-state index in [0.717, 1.165) is 44.3 Å². The highest BCUT2D eigenvalue weighted by atomic mass is 16.5. The van der Waals surface area contributed by atoms with Gasteiger partial charge in [0.05, 0.1) is 13.2 Å². The van der Waals surface area contributed by atoms with Crippen LogP contribution in [-0.2, 0) is 30.5 Å². The molecule has 2 aromatic rings. The first-order valence-corrected chi connectivity index (χ1v) is 11.3. The number of aromatic nitrogens is 2. The average Bonchev–Trinajstić information content (AvgIpc) is 3.11. The number of benzene rings is 1. The van der Waals surface area contributed by atoms with Gasteiger partial charge in [-0.25, -0.2) is 0 Å². The van der Waals surface area contributed by atoms with E-state index in [4.69, 9.17) is 9.84 Å². The number of amides is 1. The molecular formula is C24H34N4O2. The maximum absolute atomic E-state index is 13.3. The molecular weight excluding hydrogens is 376 g/mol. The SMILES string of the molecule is CC(C)Cn1nc(C(=O)N2CCOCC2)c2c1CC[C@@H](NCCc1ccccc1)C2. The second-order valence-corrected chi connectivity index (χ2v) is 8.88. The molecule has 6 heteroatoms. The quantitative estimate of drug-likeness (QED) is 0.763. The van der Waals surface area contributed by atoms with E-state index in [1.165, 1.54) is 11.3 Å². The molecule has 0 spiro atoms. The largest absolute Gasteiger partial charge is 0.378 e. The van der Waals surface area contributed by atoms with E-state index in [2.05, 4.69) is 54.2 Å². The summed E-state index contributed by atoms with van der Waals surface area (Å²) < 4.78 is 7.53. The molecule has 4 rings (SSSR count). The highest BCUT2D eigenvalue weighted by Gasteiger charge is 2.31. The lowest BCUT2D eigenvalue weighted by Gasteiger charge is -2.28. The average molecular weight is 411 g/mol. The monoisotopic (exact) mass is 410 g/mol. The van der Waals surface area contributed by atoms with Gasteiger partial charge >= 0.3 is 0 Å². The molecule has 6 nitrogen and oxygen atoms in total. The van der Waals surface area contributed by atoms with Crippen LogP contribution in [0.15, 0.2) is 30.3 Å². The van der Waals surface area contributed by atoms with Gasteiger partial charge in [0.2, 0.25) is 0 Å². The molecule has 2 aliphatic rings. The van der Waals surface area contributed by atoms with Crippen LogP contribution in [0.5, 0.6) is 0 Å². The molecule has 1 aromatic carbocycles. The Hall–Kier alpha value is -2.18. The topological polar surface area (TPSA) is 59.4 Å². The fourth-order valence-electron chi connectivity index (χ4n) is 4.51. The van der Waals surface area contributed by atoms with Crippen LogP contribution in [0.25, 0.3) is 0 Å². The third kappa shape index (κ3) is 4.93. The lowest BCUT2D eigenvalue weighted by Crippen LogP contribution is -2.42. The van der Waals surface area contributed by atoms with Crippen molar-refractivity contribution >= 4 is 5.91 Å². The number of carbonyl (C=O) groups is 1. The van der Waals surface area contributed by atoms with E-state index in [1.54, 1.807) is 0 Å². The van der Waals surface area contributed by atoms with Crippen molar-refractivity contribution in [3.63, 3.8) is 0 Å². The number of morpholine rings is 1. The molecule has 0 unspecified atom stereocenters. The third-order valence-corrected chi connectivity index (χ3v) is 6.08. The van der Waals surface area contributed by atoms with Crippen LogP contribution in [0, 0.1) is 5.92 Å². The molecule has 1 N–H and O–H groups in total. The summed E-state index contributed by atoms with van der Waals surface area (Å²) in [6.45, 7) is 8.77. The molecule has 1 aromatic heterocycles. The first-order valence-electron chi connectivity index (χ1n) is 11.3. The summed E-state index contributed by atoms with van der Waals surface area (Å²) in [6.07, 6.45) is 3.98. The second-order valence-electron chi connectivity index (χ2n) is 8.88. The number of hydrogen-bond donors (Lipinski definition) is 1. The molecule has 1 aliphatic carbocycles. The maximum atomic E-state index is 13.3. The van der Waals surface area contributed by atoms with Crippen molar-refractivity contribution in [3.05, 3.63) is 52.8 Å². The molecule has 1 amide bonds. The van der Waals surface area contributed by atoms with Gasteiger partial charge in [-0.05, 0) is 43.7 Å². The molecule has 162 valence electrons. The number of fused-ring (bicyclic) bond motifs is 1. The van der Waals surface area contributed by atoms with Gasteiger partial charge in [0, 0.05) is 36.9 Å². The fourth-order valence-corrected chi connectivity index (χ4v) is 4.51. The van der Waals surface area contributed by atoms with Crippen LogP contribution in [-0.4, -0.2) is 59.5 Å². The van der Waals surface area contributed by atoms with Crippen molar-refractivity contribution in [1.29, 1.82) is 0 Å². The Kier molecular flexibility index (Phi) is 6.85. The Morgan fingerprint density at radius 1 is 1.23 bits per heavy atom. The van der Waals surface area contributed by atoms with Crippen LogP contribution in [0.2, 0.25) is 0 Å². The van der Waals surface area contributed by atoms with Crippen molar-refractivity contribution in [1.82, 2.24) is 20.0 Å². The second kappa shape index (κ2) is 9.75. The van der Waals surface area contributed by atoms with E-state index in [0.29, 0.717) is 44.0 Å². The molecule has 2 heterocycles. The molecule has 1 aliphatic heterocycles. The predicted molar refractivity (Wildman–Crippen MR) is 118 cm³/mol. The third-order valence-electron chi connectivity index (χ3n) is 6.08. The number of ether oxygens (including phenoxy) is 1. The zero-order chi connectivity index (χ0) is 20.9. The molecule has 0 bridgehead atoms. The van der Waals surface area contributed by atoms with Crippen LogP contribution < -0.4 is 5.32 Å². The predicted octanol–water partition coefficient (Wildman–Crippen LogP) is 2.70. The van der Waals surface area contributed by atoms with Gasteiger partial charge in [0.15, 0.2) is 5.69 Å². The van der Waals surface area contributed by atoms with Crippen LogP contribution >= 0.6 is 0 Å². The van der Waals surface area contributed by atoms with E-state index < -0.39 is 0 Å². The van der Waals surface area contributed by atoms with Gasteiger partial charge in [0.1, 0.15) is 0 Å². The minimum absolute atomic E-state index is 0.0713. The minimum atomic E-state index is 0.0713. The summed E-state index contributed by atoms with van der Waals surface area (Å²) in [5.41, 5.74) is 4.45. The number of rotatable bonds is 7. The van der Waals surface area contributed by atoms with Gasteiger partial charge in [-0.3, -0.25) is 9.48 Å².